The van der Waals surface area contributed by atoms with Crippen LogP contribution in [0.3, 0.4) is 0 Å². The second kappa shape index (κ2) is 5.23. The van der Waals surface area contributed by atoms with Crippen LogP contribution in [0.2, 0.25) is 0 Å². The van der Waals surface area contributed by atoms with Crippen molar-refractivity contribution < 1.29 is 0 Å². The maximum absolute atomic E-state index is 4.16. The van der Waals surface area contributed by atoms with Crippen molar-refractivity contribution in [1.82, 2.24) is 20.5 Å². The Hall–Kier alpha value is -1.20. The number of H-pyrrole nitrogens is 1. The summed E-state index contributed by atoms with van der Waals surface area (Å²) >= 11 is 3.42. The smallest absolute Gasteiger partial charge is 0.141 e. The summed E-state index contributed by atoms with van der Waals surface area (Å²) in [5, 5.41) is 9.97. The third kappa shape index (κ3) is 2.68. The van der Waals surface area contributed by atoms with Gasteiger partial charge in [0.2, 0.25) is 0 Å². The Morgan fingerprint density at radius 2 is 2.12 bits per heavy atom. The van der Waals surface area contributed by atoms with Crippen molar-refractivity contribution in [3.63, 3.8) is 0 Å². The molecule has 0 bridgehead atoms. The van der Waals surface area contributed by atoms with Crippen molar-refractivity contribution in [3.05, 3.63) is 46.5 Å². The molecule has 16 heavy (non-hydrogen) atoms. The highest BCUT2D eigenvalue weighted by atomic mass is 79.9. The molecule has 1 heterocycles. The summed E-state index contributed by atoms with van der Waals surface area (Å²) in [5.41, 5.74) is 1.26. The number of hydrogen-bond donors (Lipinski definition) is 2. The fraction of sp³-hybridized carbons (Fsp3) is 0.273. The van der Waals surface area contributed by atoms with Gasteiger partial charge in [-0.1, -0.05) is 28.1 Å². The Morgan fingerprint density at radius 1 is 1.38 bits per heavy atom. The van der Waals surface area contributed by atoms with Crippen LogP contribution in [0.25, 0.3) is 0 Å². The molecule has 1 atom stereocenters. The quantitative estimate of drug-likeness (QED) is 0.902. The minimum Gasteiger partial charge on any atom is -0.310 e. The lowest BCUT2D eigenvalue weighted by Gasteiger charge is -2.13. The number of rotatable bonds is 4. The topological polar surface area (TPSA) is 53.6 Å². The normalized spacial score (nSPS) is 12.6. The predicted molar refractivity (Wildman–Crippen MR) is 66.0 cm³/mol. The summed E-state index contributed by atoms with van der Waals surface area (Å²) in [4.78, 5) is 4.16. The second-order valence-electron chi connectivity index (χ2n) is 3.54. The molecule has 0 saturated heterocycles. The molecule has 0 aliphatic rings. The maximum atomic E-state index is 4.16. The van der Waals surface area contributed by atoms with Gasteiger partial charge in [0.1, 0.15) is 12.2 Å². The number of nitrogens with one attached hydrogen (secondary N) is 2. The fourth-order valence-corrected chi connectivity index (χ4v) is 1.84. The van der Waals surface area contributed by atoms with Crippen molar-refractivity contribution in [2.75, 3.05) is 7.05 Å². The summed E-state index contributed by atoms with van der Waals surface area (Å²) in [6, 6.07) is 8.46. The van der Waals surface area contributed by atoms with E-state index in [4.69, 9.17) is 0 Å². The SMILES string of the molecule is CNC(Cc1ccc(Br)cc1)c1ncn[nH]1. The zero-order valence-electron chi connectivity index (χ0n) is 8.94. The van der Waals surface area contributed by atoms with Gasteiger partial charge < -0.3 is 5.32 Å². The van der Waals surface area contributed by atoms with E-state index in [1.807, 2.05) is 19.2 Å². The van der Waals surface area contributed by atoms with Crippen molar-refractivity contribution in [2.45, 2.75) is 12.5 Å². The first-order valence-corrected chi connectivity index (χ1v) is 5.86. The monoisotopic (exact) mass is 280 g/mol. The molecule has 2 N–H and O–H groups in total. The Bertz CT molecular complexity index is 424. The predicted octanol–water partition coefficient (Wildman–Crippen LogP) is 2.07. The minimum atomic E-state index is 0.170. The highest BCUT2D eigenvalue weighted by Gasteiger charge is 2.12. The van der Waals surface area contributed by atoms with Crippen LogP contribution in [0, 0.1) is 0 Å². The molecule has 0 fully saturated rings. The first kappa shape index (κ1) is 11.3. The van der Waals surface area contributed by atoms with E-state index < -0.39 is 0 Å². The molecule has 2 rings (SSSR count). The van der Waals surface area contributed by atoms with Gasteiger partial charge >= 0.3 is 0 Å². The highest BCUT2D eigenvalue weighted by molar-refractivity contribution is 9.10. The third-order valence-electron chi connectivity index (χ3n) is 2.47. The van der Waals surface area contributed by atoms with Gasteiger partial charge in [0, 0.05) is 4.47 Å². The van der Waals surface area contributed by atoms with Gasteiger partial charge in [0.25, 0.3) is 0 Å². The molecule has 2 aromatic rings. The second-order valence-corrected chi connectivity index (χ2v) is 4.46. The standard InChI is InChI=1S/C11H13BrN4/c1-13-10(11-14-7-15-16-11)6-8-2-4-9(12)5-3-8/h2-5,7,10,13H,6H2,1H3,(H,14,15,16). The molecular weight excluding hydrogens is 268 g/mol. The van der Waals surface area contributed by atoms with Crippen LogP contribution in [0.4, 0.5) is 0 Å². The van der Waals surface area contributed by atoms with E-state index in [0.29, 0.717) is 0 Å². The third-order valence-corrected chi connectivity index (χ3v) is 2.99. The molecular formula is C11H13BrN4. The molecule has 1 aromatic carbocycles. The average molecular weight is 281 g/mol. The molecule has 1 aromatic heterocycles. The van der Waals surface area contributed by atoms with E-state index in [0.717, 1.165) is 16.7 Å². The molecule has 5 heteroatoms. The van der Waals surface area contributed by atoms with Crippen molar-refractivity contribution >= 4 is 15.9 Å². The van der Waals surface area contributed by atoms with Crippen LogP contribution in [-0.2, 0) is 6.42 Å². The number of aromatic amines is 1. The minimum absolute atomic E-state index is 0.170. The molecule has 1 unspecified atom stereocenters. The Labute approximate surface area is 103 Å². The van der Waals surface area contributed by atoms with Crippen molar-refractivity contribution in [3.8, 4) is 0 Å². The van der Waals surface area contributed by atoms with E-state index in [1.54, 1.807) is 0 Å². The number of aromatic nitrogens is 3. The van der Waals surface area contributed by atoms with E-state index in [-0.39, 0.29) is 6.04 Å². The molecule has 0 amide bonds. The van der Waals surface area contributed by atoms with Crippen LogP contribution in [0.15, 0.2) is 35.1 Å². The maximum Gasteiger partial charge on any atom is 0.141 e. The fourth-order valence-electron chi connectivity index (χ4n) is 1.57. The van der Waals surface area contributed by atoms with Gasteiger partial charge in [-0.25, -0.2) is 4.98 Å². The number of nitrogens with zero attached hydrogens (tertiary/aromatic N) is 2. The number of halogens is 1. The number of likely N-dealkylation sites (N-methyl/N-ethyl adjacent to an activating group) is 1. The van der Waals surface area contributed by atoms with Crippen LogP contribution in [0.5, 0.6) is 0 Å². The van der Waals surface area contributed by atoms with Crippen LogP contribution >= 0.6 is 15.9 Å². The molecule has 4 nitrogen and oxygen atoms in total. The Morgan fingerprint density at radius 3 is 2.69 bits per heavy atom. The van der Waals surface area contributed by atoms with Crippen LogP contribution in [0.1, 0.15) is 17.4 Å². The summed E-state index contributed by atoms with van der Waals surface area (Å²) in [5.74, 6) is 0.866. The molecule has 0 aliphatic heterocycles. The largest absolute Gasteiger partial charge is 0.310 e. The summed E-state index contributed by atoms with van der Waals surface area (Å²) < 4.78 is 1.09. The summed E-state index contributed by atoms with van der Waals surface area (Å²) in [6.07, 6.45) is 2.42. The van der Waals surface area contributed by atoms with E-state index >= 15 is 0 Å². The van der Waals surface area contributed by atoms with Gasteiger partial charge in [0.15, 0.2) is 0 Å². The molecule has 0 saturated carbocycles. The molecule has 0 aliphatic carbocycles. The molecule has 0 spiro atoms. The lowest BCUT2D eigenvalue weighted by molar-refractivity contribution is 0.559. The average Bonchev–Trinajstić information content (AvgIpc) is 2.82. The lowest BCUT2D eigenvalue weighted by Crippen LogP contribution is -2.20. The Balaban J connectivity index is 2.10. The number of hydrogen-bond acceptors (Lipinski definition) is 3. The highest BCUT2D eigenvalue weighted by Crippen LogP contribution is 2.16. The van der Waals surface area contributed by atoms with E-state index in [1.165, 1.54) is 11.9 Å². The van der Waals surface area contributed by atoms with Gasteiger partial charge in [0.05, 0.1) is 6.04 Å². The summed E-state index contributed by atoms with van der Waals surface area (Å²) in [7, 11) is 1.92. The Kier molecular flexibility index (Phi) is 3.69. The zero-order valence-corrected chi connectivity index (χ0v) is 10.5. The van der Waals surface area contributed by atoms with Crippen molar-refractivity contribution in [1.29, 1.82) is 0 Å². The van der Waals surface area contributed by atoms with Crippen LogP contribution < -0.4 is 5.32 Å². The number of benzene rings is 1. The van der Waals surface area contributed by atoms with Gasteiger partial charge in [-0.15, -0.1) is 0 Å². The van der Waals surface area contributed by atoms with Gasteiger partial charge in [-0.2, -0.15) is 5.10 Å². The van der Waals surface area contributed by atoms with Gasteiger partial charge in [-0.05, 0) is 31.2 Å². The zero-order chi connectivity index (χ0) is 11.4. The first-order chi connectivity index (χ1) is 7.79. The molecule has 0 radical (unpaired) electrons. The molecule has 84 valence electrons. The van der Waals surface area contributed by atoms with Crippen molar-refractivity contribution in [2.24, 2.45) is 0 Å². The first-order valence-electron chi connectivity index (χ1n) is 5.06. The van der Waals surface area contributed by atoms with Gasteiger partial charge in [-0.3, -0.25) is 5.10 Å². The lowest BCUT2D eigenvalue weighted by atomic mass is 10.1. The van der Waals surface area contributed by atoms with Crippen LogP contribution in [-0.4, -0.2) is 22.2 Å². The van der Waals surface area contributed by atoms with E-state index in [9.17, 15) is 0 Å². The summed E-state index contributed by atoms with van der Waals surface area (Å²) in [6.45, 7) is 0. The van der Waals surface area contributed by atoms with E-state index in [2.05, 4.69) is 48.6 Å².